The van der Waals surface area contributed by atoms with Crippen LogP contribution in [-0.2, 0) is 0 Å². The molecule has 0 aliphatic carbocycles. The summed E-state index contributed by atoms with van der Waals surface area (Å²) in [5.74, 6) is 0. The summed E-state index contributed by atoms with van der Waals surface area (Å²) in [6.07, 6.45) is 0. The van der Waals surface area contributed by atoms with Crippen LogP contribution in [-0.4, -0.2) is 0 Å². The number of thiophene rings is 3. The van der Waals surface area contributed by atoms with Crippen molar-refractivity contribution < 1.29 is 32.9 Å². The highest BCUT2D eigenvalue weighted by molar-refractivity contribution is 7.26. The highest BCUT2D eigenvalue weighted by atomic mass is 32.1. The van der Waals surface area contributed by atoms with Crippen molar-refractivity contribution in [3.05, 3.63) is 448 Å². The molecule has 0 saturated carbocycles. The molecule has 0 atom stereocenters. The van der Waals surface area contributed by atoms with E-state index in [2.05, 4.69) is 42.5 Å². The fourth-order valence-electron chi connectivity index (χ4n) is 18.4. The molecule has 0 amide bonds. The first-order valence-corrected chi connectivity index (χ1v) is 42.7. The van der Waals surface area contributed by atoms with Crippen LogP contribution < -0.4 is 0 Å². The number of hydrogen-bond donors (Lipinski definition) is 0. The Morgan fingerprint density at radius 2 is 0.398 bits per heavy atom. The zero-order chi connectivity index (χ0) is 102. The van der Waals surface area contributed by atoms with Crippen LogP contribution in [0, 0.1) is 0 Å². The monoisotopic (exact) mass is 1630 g/mol. The molecule has 0 nitrogen and oxygen atoms in total. The van der Waals surface area contributed by atoms with Crippen LogP contribution in [0.1, 0.15) is 32.9 Å². The highest BCUT2D eigenvalue weighted by Gasteiger charge is 2.25. The van der Waals surface area contributed by atoms with E-state index in [0.29, 0.717) is 66.8 Å². The van der Waals surface area contributed by atoms with Crippen LogP contribution in [0.2, 0.25) is 0 Å². The lowest BCUT2D eigenvalue weighted by atomic mass is 9.84. The molecule has 0 N–H and O–H groups in total. The van der Waals surface area contributed by atoms with E-state index in [0.717, 1.165) is 115 Å². The molecule has 0 spiro atoms. The first kappa shape index (κ1) is 51.5. The third-order valence-electron chi connectivity index (χ3n) is 23.7. The molecule has 0 unspecified atom stereocenters. The molecule has 0 aliphatic heterocycles. The minimum absolute atomic E-state index is 0.209. The molecular weight excluding hydrogens is 1540 g/mol. The number of benzene rings is 23. The molecule has 0 saturated heterocycles. The van der Waals surface area contributed by atoms with Crippen molar-refractivity contribution >= 4 is 191 Å². The standard InChI is InChI=1S/2C42H26S.C36H22S/c1-2-13-30-27(11-1)12-9-19-31(30)28-23-25-29(26-24-28)40-32-14-3-5-16-34(32)41(35-17-6-4-15-33(35)40)37-20-10-22-39-42(37)36-18-7-8-21-38(36)43-39;1-2-12-28-25-30(24-23-27(28)11-1)29-13-9-14-31(26-29)40-32-15-3-5-17-34(32)41(35-18-6-4-16-33(35)40)37-20-10-22-39-42(37)36-19-7-8-21-38(36)43-39;1-2-11-24-22-25(21-20-23(24)10-1)34-26-12-3-5-14-28(26)35(29-15-6-4-13-27(29)34)31-17-9-19-33-36(31)30-16-7-8-18-32(30)37-33/h2*1-26H;1-22H/i3D,4D,5D,6D,14D,15D,16D,17D;3D,4D,5D,6D,15D,16D,17D,18D;3D,4D,5D,6D,12D,13D,14D,15D. The van der Waals surface area contributed by atoms with Gasteiger partial charge >= 0.3 is 0 Å². The third kappa shape index (κ3) is 12.2. The summed E-state index contributed by atoms with van der Waals surface area (Å²) in [7, 11) is 0. The third-order valence-corrected chi connectivity index (χ3v) is 27.1. The fourth-order valence-corrected chi connectivity index (χ4v) is 21.8. The highest BCUT2D eigenvalue weighted by Crippen LogP contribution is 2.53. The molecule has 23 aromatic carbocycles. The van der Waals surface area contributed by atoms with Crippen molar-refractivity contribution in [3.8, 4) is 89.0 Å². The van der Waals surface area contributed by atoms with Gasteiger partial charge in [-0.15, -0.1) is 34.0 Å². The van der Waals surface area contributed by atoms with Crippen molar-refractivity contribution in [1.29, 1.82) is 0 Å². The van der Waals surface area contributed by atoms with Crippen LogP contribution in [0.4, 0.5) is 0 Å². The SMILES string of the molecule is [2H]c1c([2H])c([2H])c2c(-c3cccc4sc5ccccc5c34)c3c([2H])c([2H])c([2H])c([2H])c3c(-c3ccc(-c4cccc5ccccc45)cc3)c2c1[2H].[2H]c1c([2H])c([2H])c2c(-c3cccc4sc5ccccc5c34)c3c([2H])c([2H])c([2H])c([2H])c3c(-c3ccc4ccccc4c3)c2c1[2H].[2H]c1c([2H])c([2H])c2c(-c3cccc4sc5ccccc5c34)c3c([2H])c([2H])c([2H])c([2H])c3c(-c3cccc(-c4ccc5ccccc5c4)c3)c2c1[2H]. The van der Waals surface area contributed by atoms with Crippen molar-refractivity contribution in [2.75, 3.05) is 0 Å². The summed E-state index contributed by atoms with van der Waals surface area (Å²) >= 11 is 4.82. The van der Waals surface area contributed by atoms with E-state index in [1.54, 1.807) is 34.0 Å². The second kappa shape index (κ2) is 30.1. The lowest BCUT2D eigenvalue weighted by Gasteiger charge is -2.19. The quantitative estimate of drug-likeness (QED) is 0.133. The Bertz CT molecular complexity index is 10100. The zero-order valence-corrected chi connectivity index (χ0v) is 67.5. The maximum Gasteiger partial charge on any atom is 0.0629 e. The summed E-state index contributed by atoms with van der Waals surface area (Å²) in [6.45, 7) is 0. The van der Waals surface area contributed by atoms with Crippen LogP contribution >= 0.6 is 34.0 Å². The lowest BCUT2D eigenvalue weighted by molar-refractivity contribution is 1.63. The Labute approximate surface area is 757 Å². The Morgan fingerprint density at radius 3 is 0.805 bits per heavy atom. The second-order valence-corrected chi connectivity index (χ2v) is 33.6. The minimum Gasteiger partial charge on any atom is -0.135 e. The van der Waals surface area contributed by atoms with Gasteiger partial charge in [0.1, 0.15) is 0 Å². The number of hydrogen-bond acceptors (Lipinski definition) is 3. The summed E-state index contributed by atoms with van der Waals surface area (Å²) in [5.41, 5.74) is 9.63. The van der Waals surface area contributed by atoms with Crippen LogP contribution in [0.15, 0.2) is 448 Å². The van der Waals surface area contributed by atoms with Crippen molar-refractivity contribution in [2.45, 2.75) is 0 Å². The summed E-state index contributed by atoms with van der Waals surface area (Å²) in [6, 6.07) is 90.4. The van der Waals surface area contributed by atoms with Crippen molar-refractivity contribution in [1.82, 2.24) is 0 Å². The van der Waals surface area contributed by atoms with Gasteiger partial charge in [0.15, 0.2) is 0 Å². The van der Waals surface area contributed by atoms with E-state index in [9.17, 15) is 16.4 Å². The van der Waals surface area contributed by atoms with Gasteiger partial charge in [0.25, 0.3) is 0 Å². The molecule has 0 radical (unpaired) electrons. The first-order valence-electron chi connectivity index (χ1n) is 52.3. The van der Waals surface area contributed by atoms with Crippen LogP contribution in [0.3, 0.4) is 0 Å². The van der Waals surface area contributed by atoms with E-state index in [-0.39, 0.29) is 137 Å². The molecule has 0 bridgehead atoms. The molecule has 26 rings (SSSR count). The molecule has 0 fully saturated rings. The fraction of sp³-hybridized carbons (Fsp3) is 0. The lowest BCUT2D eigenvalue weighted by Crippen LogP contribution is -1.91. The van der Waals surface area contributed by atoms with Gasteiger partial charge in [0.2, 0.25) is 0 Å². The molecule has 3 heteroatoms. The smallest absolute Gasteiger partial charge is 0.0629 e. The summed E-state index contributed by atoms with van der Waals surface area (Å²) in [4.78, 5) is 0. The van der Waals surface area contributed by atoms with Crippen molar-refractivity contribution in [3.63, 3.8) is 0 Å². The Kier molecular flexibility index (Phi) is 12.6. The van der Waals surface area contributed by atoms with E-state index in [4.69, 9.17) is 16.4 Å². The van der Waals surface area contributed by atoms with Crippen molar-refractivity contribution in [2.24, 2.45) is 0 Å². The van der Waals surface area contributed by atoms with Gasteiger partial charge in [-0.05, 0) is 241 Å². The van der Waals surface area contributed by atoms with E-state index in [1.165, 1.54) is 0 Å². The maximum atomic E-state index is 9.38. The summed E-state index contributed by atoms with van der Waals surface area (Å²) < 4.78 is 223. The molecule has 123 heavy (non-hydrogen) atoms. The van der Waals surface area contributed by atoms with E-state index >= 15 is 0 Å². The first-order chi connectivity index (χ1) is 71.0. The largest absolute Gasteiger partial charge is 0.135 e. The zero-order valence-electron chi connectivity index (χ0n) is 89.1. The topological polar surface area (TPSA) is 0 Å². The van der Waals surface area contributed by atoms with Gasteiger partial charge in [0.05, 0.1) is 32.9 Å². The molecular formula is C120H74S3. The van der Waals surface area contributed by atoms with Gasteiger partial charge in [-0.2, -0.15) is 0 Å². The normalized spacial score (nSPS) is 14.5. The predicted molar refractivity (Wildman–Crippen MR) is 539 cm³/mol. The van der Waals surface area contributed by atoms with Gasteiger partial charge in [0, 0.05) is 60.5 Å². The maximum absolute atomic E-state index is 9.38. The molecule has 0 aliphatic rings. The van der Waals surface area contributed by atoms with Crippen LogP contribution in [0.5, 0.6) is 0 Å². The molecule has 3 aromatic heterocycles. The van der Waals surface area contributed by atoms with E-state index in [1.807, 2.05) is 261 Å². The Morgan fingerprint density at radius 1 is 0.146 bits per heavy atom. The number of rotatable bonds is 8. The summed E-state index contributed by atoms with van der Waals surface area (Å²) in [5, 5.41) is 14.3. The van der Waals surface area contributed by atoms with Crippen LogP contribution in [0.25, 0.3) is 246 Å². The van der Waals surface area contributed by atoms with E-state index < -0.39 is 72.5 Å². The number of fused-ring (bicyclic) bond motifs is 18. The minimum atomic E-state index is -0.412. The van der Waals surface area contributed by atoms with Gasteiger partial charge < -0.3 is 0 Å². The Balaban J connectivity index is 0.000000118. The second-order valence-electron chi connectivity index (χ2n) is 30.4. The predicted octanol–water partition coefficient (Wildman–Crippen LogP) is 35.9. The van der Waals surface area contributed by atoms with Gasteiger partial charge in [-0.25, -0.2) is 0 Å². The molecule has 572 valence electrons. The average Bonchev–Trinajstić information content (AvgIpc) is 1.55. The van der Waals surface area contributed by atoms with Gasteiger partial charge in [-0.3, -0.25) is 0 Å². The average molecular weight is 1640 g/mol. The molecule has 26 aromatic rings. The molecule has 3 heterocycles. The van der Waals surface area contributed by atoms with Gasteiger partial charge in [-0.1, -0.05) is 394 Å². The Hall–Kier alpha value is -14.9.